The second-order valence-electron chi connectivity index (χ2n) is 3.78. The van der Waals surface area contributed by atoms with Gasteiger partial charge in [0.1, 0.15) is 0 Å². The van der Waals surface area contributed by atoms with Gasteiger partial charge in [0, 0.05) is 23.7 Å². The van der Waals surface area contributed by atoms with Gasteiger partial charge in [0.2, 0.25) is 0 Å². The van der Waals surface area contributed by atoms with Gasteiger partial charge >= 0.3 is 6.18 Å². The summed E-state index contributed by atoms with van der Waals surface area (Å²) in [5.41, 5.74) is 0. The highest BCUT2D eigenvalue weighted by atomic mass is 32.2. The number of aliphatic hydroxyl groups excluding tert-OH is 1. The van der Waals surface area contributed by atoms with Crippen LogP contribution in [0.1, 0.15) is 0 Å². The smallest absolute Gasteiger partial charge is 0.395 e. The van der Waals surface area contributed by atoms with E-state index >= 15 is 0 Å². The molecule has 6 heteroatoms. The third-order valence-electron chi connectivity index (χ3n) is 2.24. The van der Waals surface area contributed by atoms with Crippen molar-refractivity contribution in [3.63, 3.8) is 0 Å². The molecule has 18 heavy (non-hydrogen) atoms. The quantitative estimate of drug-likeness (QED) is 0.776. The Kier molecular flexibility index (Phi) is 6.52. The standard InChI is InChI=1S/C12H16F3NOS/c13-12(14,15)10-16(6-8-17)7-9-18-11-4-2-1-3-5-11/h1-5,17H,6-10H2. The summed E-state index contributed by atoms with van der Waals surface area (Å²) in [7, 11) is 0. The largest absolute Gasteiger partial charge is 0.401 e. The molecule has 0 bridgehead atoms. The number of aliphatic hydroxyl groups is 1. The molecule has 0 aromatic heterocycles. The van der Waals surface area contributed by atoms with Crippen LogP contribution in [0.5, 0.6) is 0 Å². The summed E-state index contributed by atoms with van der Waals surface area (Å²) in [5.74, 6) is 0.570. The Balaban J connectivity index is 2.33. The molecule has 0 aliphatic rings. The van der Waals surface area contributed by atoms with Gasteiger partial charge in [-0.05, 0) is 12.1 Å². The lowest BCUT2D eigenvalue weighted by molar-refractivity contribution is -0.146. The Morgan fingerprint density at radius 3 is 2.33 bits per heavy atom. The Labute approximate surface area is 109 Å². The van der Waals surface area contributed by atoms with Gasteiger partial charge in [-0.2, -0.15) is 13.2 Å². The first kappa shape index (κ1) is 15.3. The number of hydrogen-bond acceptors (Lipinski definition) is 3. The van der Waals surface area contributed by atoms with Crippen LogP contribution < -0.4 is 0 Å². The zero-order valence-electron chi connectivity index (χ0n) is 9.86. The summed E-state index contributed by atoms with van der Waals surface area (Å²) in [4.78, 5) is 2.25. The van der Waals surface area contributed by atoms with Crippen LogP contribution in [0.15, 0.2) is 35.2 Å². The third kappa shape index (κ3) is 6.88. The molecular weight excluding hydrogens is 263 g/mol. The van der Waals surface area contributed by atoms with E-state index in [4.69, 9.17) is 5.11 Å². The van der Waals surface area contributed by atoms with E-state index in [-0.39, 0.29) is 13.2 Å². The molecule has 1 aromatic rings. The molecule has 0 amide bonds. The fraction of sp³-hybridized carbons (Fsp3) is 0.500. The van der Waals surface area contributed by atoms with E-state index in [1.807, 2.05) is 30.3 Å². The molecule has 0 radical (unpaired) electrons. The number of nitrogens with zero attached hydrogens (tertiary/aromatic N) is 1. The lowest BCUT2D eigenvalue weighted by Gasteiger charge is -2.22. The third-order valence-corrected chi connectivity index (χ3v) is 3.23. The number of thioether (sulfide) groups is 1. The molecule has 0 unspecified atom stereocenters. The number of hydrogen-bond donors (Lipinski definition) is 1. The highest BCUT2D eigenvalue weighted by Crippen LogP contribution is 2.19. The van der Waals surface area contributed by atoms with E-state index in [0.717, 1.165) is 4.90 Å². The van der Waals surface area contributed by atoms with Gasteiger partial charge in [-0.1, -0.05) is 18.2 Å². The van der Waals surface area contributed by atoms with Crippen molar-refractivity contribution >= 4 is 11.8 Å². The molecule has 0 saturated heterocycles. The first-order valence-corrected chi connectivity index (χ1v) is 6.57. The van der Waals surface area contributed by atoms with E-state index in [1.165, 1.54) is 16.7 Å². The van der Waals surface area contributed by atoms with Crippen LogP contribution in [0.4, 0.5) is 13.2 Å². The van der Waals surface area contributed by atoms with Crippen molar-refractivity contribution in [1.29, 1.82) is 0 Å². The van der Waals surface area contributed by atoms with Crippen molar-refractivity contribution in [1.82, 2.24) is 4.90 Å². The molecule has 0 atom stereocenters. The molecular formula is C12H16F3NOS. The van der Waals surface area contributed by atoms with Crippen LogP contribution in [0.3, 0.4) is 0 Å². The van der Waals surface area contributed by atoms with Gasteiger partial charge in [0.25, 0.3) is 0 Å². The van der Waals surface area contributed by atoms with Crippen LogP contribution in [0.25, 0.3) is 0 Å². The highest BCUT2D eigenvalue weighted by Gasteiger charge is 2.30. The molecule has 0 saturated carbocycles. The minimum Gasteiger partial charge on any atom is -0.395 e. The maximum atomic E-state index is 12.2. The highest BCUT2D eigenvalue weighted by molar-refractivity contribution is 7.99. The van der Waals surface area contributed by atoms with Gasteiger partial charge in [-0.15, -0.1) is 11.8 Å². The lowest BCUT2D eigenvalue weighted by Crippen LogP contribution is -2.37. The van der Waals surface area contributed by atoms with E-state index < -0.39 is 12.7 Å². The van der Waals surface area contributed by atoms with E-state index in [1.54, 1.807) is 0 Å². The summed E-state index contributed by atoms with van der Waals surface area (Å²) in [6.07, 6.45) is -4.22. The topological polar surface area (TPSA) is 23.5 Å². The van der Waals surface area contributed by atoms with Crippen molar-refractivity contribution in [2.45, 2.75) is 11.1 Å². The average Bonchev–Trinajstić information content (AvgIpc) is 2.28. The molecule has 1 rings (SSSR count). The van der Waals surface area contributed by atoms with Gasteiger partial charge in [-0.25, -0.2) is 0 Å². The number of benzene rings is 1. The zero-order valence-corrected chi connectivity index (χ0v) is 10.7. The van der Waals surface area contributed by atoms with Crippen LogP contribution in [-0.4, -0.2) is 48.2 Å². The van der Waals surface area contributed by atoms with Crippen molar-refractivity contribution in [2.24, 2.45) is 0 Å². The predicted molar refractivity (Wildman–Crippen MR) is 66.7 cm³/mol. The normalized spacial score (nSPS) is 12.1. The summed E-state index contributed by atoms with van der Waals surface area (Å²) in [6, 6.07) is 9.52. The van der Waals surface area contributed by atoms with Crippen LogP contribution in [0.2, 0.25) is 0 Å². The summed E-state index contributed by atoms with van der Waals surface area (Å²) in [6.45, 7) is -0.872. The zero-order chi connectivity index (χ0) is 13.4. The fourth-order valence-corrected chi connectivity index (χ4v) is 2.41. The van der Waals surface area contributed by atoms with Crippen molar-refractivity contribution in [3.05, 3.63) is 30.3 Å². The first-order chi connectivity index (χ1) is 8.51. The minimum atomic E-state index is -4.22. The van der Waals surface area contributed by atoms with E-state index in [9.17, 15) is 13.2 Å². The Bertz CT molecular complexity index is 332. The molecule has 102 valence electrons. The van der Waals surface area contributed by atoms with E-state index in [2.05, 4.69) is 0 Å². The molecule has 2 nitrogen and oxygen atoms in total. The summed E-state index contributed by atoms with van der Waals surface area (Å²) >= 11 is 1.51. The van der Waals surface area contributed by atoms with Crippen LogP contribution >= 0.6 is 11.8 Å². The van der Waals surface area contributed by atoms with Crippen LogP contribution in [-0.2, 0) is 0 Å². The molecule has 0 heterocycles. The fourth-order valence-electron chi connectivity index (χ4n) is 1.47. The van der Waals surface area contributed by atoms with Gasteiger partial charge in [-0.3, -0.25) is 4.90 Å². The molecule has 1 aromatic carbocycles. The van der Waals surface area contributed by atoms with Crippen molar-refractivity contribution < 1.29 is 18.3 Å². The van der Waals surface area contributed by atoms with E-state index in [0.29, 0.717) is 12.3 Å². The Morgan fingerprint density at radius 2 is 1.78 bits per heavy atom. The number of rotatable bonds is 7. The molecule has 1 N–H and O–H groups in total. The van der Waals surface area contributed by atoms with Gasteiger partial charge < -0.3 is 5.11 Å². The lowest BCUT2D eigenvalue weighted by atomic mass is 10.4. The average molecular weight is 279 g/mol. The van der Waals surface area contributed by atoms with Crippen molar-refractivity contribution in [3.8, 4) is 0 Å². The molecule has 0 aliphatic heterocycles. The Morgan fingerprint density at radius 1 is 1.11 bits per heavy atom. The second kappa shape index (κ2) is 7.66. The summed E-state index contributed by atoms with van der Waals surface area (Å²) < 4.78 is 36.7. The first-order valence-electron chi connectivity index (χ1n) is 5.59. The predicted octanol–water partition coefficient (Wildman–Crippen LogP) is 2.64. The summed E-state index contributed by atoms with van der Waals surface area (Å²) in [5, 5.41) is 8.73. The Hall–Kier alpha value is -0.720. The number of halogens is 3. The molecule has 0 spiro atoms. The monoisotopic (exact) mass is 279 g/mol. The maximum absolute atomic E-state index is 12.2. The maximum Gasteiger partial charge on any atom is 0.401 e. The van der Waals surface area contributed by atoms with Crippen molar-refractivity contribution in [2.75, 3.05) is 32.0 Å². The molecule has 0 aliphatic carbocycles. The SMILES string of the molecule is OCCN(CCSc1ccccc1)CC(F)(F)F. The van der Waals surface area contributed by atoms with Gasteiger partial charge in [0.05, 0.1) is 13.2 Å². The second-order valence-corrected chi connectivity index (χ2v) is 4.94. The minimum absolute atomic E-state index is 0.0505. The molecule has 0 fully saturated rings. The number of alkyl halides is 3. The van der Waals surface area contributed by atoms with Gasteiger partial charge in [0.15, 0.2) is 0 Å². The van der Waals surface area contributed by atoms with Crippen LogP contribution in [0, 0.1) is 0 Å².